The first-order valence-corrected chi connectivity index (χ1v) is 5.63. The average molecular weight is 241 g/mol. The highest BCUT2D eigenvalue weighted by Crippen LogP contribution is 2.28. The zero-order valence-electron chi connectivity index (χ0n) is 8.74. The first-order valence-electron chi connectivity index (χ1n) is 5.26. The molecule has 2 N–H and O–H groups in total. The monoisotopic (exact) mass is 240 g/mol. The SMILES string of the molecule is O=C(NCCNc1ccnc(Cl)n1)C1CC1. The van der Waals surface area contributed by atoms with E-state index in [2.05, 4.69) is 20.6 Å². The van der Waals surface area contributed by atoms with Gasteiger partial charge in [-0.25, -0.2) is 9.97 Å². The molecule has 0 radical (unpaired) electrons. The largest absolute Gasteiger partial charge is 0.368 e. The number of carbonyl (C=O) groups excluding carboxylic acids is 1. The second-order valence-electron chi connectivity index (χ2n) is 3.70. The Kier molecular flexibility index (Phi) is 3.56. The molecule has 86 valence electrons. The molecule has 0 aliphatic heterocycles. The van der Waals surface area contributed by atoms with Crippen molar-refractivity contribution < 1.29 is 4.79 Å². The van der Waals surface area contributed by atoms with Crippen LogP contribution in [0.2, 0.25) is 5.28 Å². The number of carbonyl (C=O) groups is 1. The first-order chi connectivity index (χ1) is 7.75. The summed E-state index contributed by atoms with van der Waals surface area (Å²) in [5.74, 6) is 1.08. The summed E-state index contributed by atoms with van der Waals surface area (Å²) in [6, 6.07) is 1.73. The molecule has 1 aromatic rings. The van der Waals surface area contributed by atoms with Gasteiger partial charge in [-0.05, 0) is 30.5 Å². The van der Waals surface area contributed by atoms with Gasteiger partial charge in [0.2, 0.25) is 11.2 Å². The van der Waals surface area contributed by atoms with Crippen molar-refractivity contribution in [2.24, 2.45) is 5.92 Å². The third-order valence-electron chi connectivity index (χ3n) is 2.30. The molecule has 1 saturated carbocycles. The molecule has 1 heterocycles. The van der Waals surface area contributed by atoms with Crippen LogP contribution >= 0.6 is 11.6 Å². The first kappa shape index (κ1) is 11.1. The van der Waals surface area contributed by atoms with Gasteiger partial charge in [-0.2, -0.15) is 0 Å². The normalized spacial score (nSPS) is 14.6. The number of hydrogen-bond donors (Lipinski definition) is 2. The zero-order chi connectivity index (χ0) is 11.4. The maximum absolute atomic E-state index is 11.3. The van der Waals surface area contributed by atoms with E-state index in [0.717, 1.165) is 12.8 Å². The van der Waals surface area contributed by atoms with E-state index in [9.17, 15) is 4.79 Å². The van der Waals surface area contributed by atoms with Gasteiger partial charge in [0.1, 0.15) is 5.82 Å². The van der Waals surface area contributed by atoms with Crippen molar-refractivity contribution in [1.82, 2.24) is 15.3 Å². The van der Waals surface area contributed by atoms with Crippen molar-refractivity contribution >= 4 is 23.3 Å². The highest BCUT2D eigenvalue weighted by Gasteiger charge is 2.28. The molecule has 0 aromatic carbocycles. The Morgan fingerprint density at radius 2 is 2.31 bits per heavy atom. The second-order valence-corrected chi connectivity index (χ2v) is 4.04. The summed E-state index contributed by atoms with van der Waals surface area (Å²) >= 11 is 5.63. The lowest BCUT2D eigenvalue weighted by molar-refractivity contribution is -0.122. The van der Waals surface area contributed by atoms with Crippen LogP contribution in [-0.2, 0) is 4.79 Å². The summed E-state index contributed by atoms with van der Waals surface area (Å²) in [7, 11) is 0. The summed E-state index contributed by atoms with van der Waals surface area (Å²) in [5.41, 5.74) is 0. The Hall–Kier alpha value is -1.36. The van der Waals surface area contributed by atoms with E-state index in [4.69, 9.17) is 11.6 Å². The van der Waals surface area contributed by atoms with E-state index in [1.165, 1.54) is 0 Å². The van der Waals surface area contributed by atoms with Gasteiger partial charge in [-0.1, -0.05) is 0 Å². The van der Waals surface area contributed by atoms with Gasteiger partial charge in [0.15, 0.2) is 0 Å². The van der Waals surface area contributed by atoms with E-state index in [1.54, 1.807) is 12.3 Å². The Labute approximate surface area is 98.6 Å². The van der Waals surface area contributed by atoms with Gasteiger partial charge in [0, 0.05) is 25.2 Å². The number of halogens is 1. The van der Waals surface area contributed by atoms with Crippen molar-refractivity contribution in [1.29, 1.82) is 0 Å². The van der Waals surface area contributed by atoms with E-state index in [-0.39, 0.29) is 17.1 Å². The van der Waals surface area contributed by atoms with Gasteiger partial charge in [-0.15, -0.1) is 0 Å². The molecule has 1 aliphatic carbocycles. The van der Waals surface area contributed by atoms with Crippen molar-refractivity contribution in [3.05, 3.63) is 17.5 Å². The lowest BCUT2D eigenvalue weighted by Gasteiger charge is -2.06. The maximum Gasteiger partial charge on any atom is 0.224 e. The lowest BCUT2D eigenvalue weighted by Crippen LogP contribution is -2.29. The fourth-order valence-corrected chi connectivity index (χ4v) is 1.45. The van der Waals surface area contributed by atoms with Crippen molar-refractivity contribution in [2.75, 3.05) is 18.4 Å². The summed E-state index contributed by atoms with van der Waals surface area (Å²) in [4.78, 5) is 19.0. The Morgan fingerprint density at radius 3 is 3.00 bits per heavy atom. The quantitative estimate of drug-likeness (QED) is 0.597. The summed E-state index contributed by atoms with van der Waals surface area (Å²) in [6.45, 7) is 1.22. The molecule has 6 heteroatoms. The minimum atomic E-state index is 0.155. The van der Waals surface area contributed by atoms with E-state index >= 15 is 0 Å². The third kappa shape index (κ3) is 3.34. The van der Waals surface area contributed by atoms with E-state index in [0.29, 0.717) is 18.9 Å². The predicted octanol–water partition coefficient (Wildman–Crippen LogP) is 1.07. The van der Waals surface area contributed by atoms with Crippen LogP contribution in [0.3, 0.4) is 0 Å². The van der Waals surface area contributed by atoms with Crippen molar-refractivity contribution in [3.63, 3.8) is 0 Å². The third-order valence-corrected chi connectivity index (χ3v) is 2.49. The molecule has 1 amide bonds. The fraction of sp³-hybridized carbons (Fsp3) is 0.500. The van der Waals surface area contributed by atoms with Gasteiger partial charge in [0.05, 0.1) is 0 Å². The van der Waals surface area contributed by atoms with E-state index < -0.39 is 0 Å². The summed E-state index contributed by atoms with van der Waals surface area (Å²) < 4.78 is 0. The van der Waals surface area contributed by atoms with E-state index in [1.807, 2.05) is 0 Å². The average Bonchev–Trinajstić information content (AvgIpc) is 3.08. The Balaban J connectivity index is 1.65. The van der Waals surface area contributed by atoms with Crippen LogP contribution < -0.4 is 10.6 Å². The molecule has 0 saturated heterocycles. The van der Waals surface area contributed by atoms with Crippen LogP contribution in [0.5, 0.6) is 0 Å². The lowest BCUT2D eigenvalue weighted by atomic mass is 10.4. The predicted molar refractivity (Wildman–Crippen MR) is 61.3 cm³/mol. The van der Waals surface area contributed by atoms with Gasteiger partial charge in [0.25, 0.3) is 0 Å². The Morgan fingerprint density at radius 1 is 1.50 bits per heavy atom. The van der Waals surface area contributed by atoms with Crippen molar-refractivity contribution in [3.8, 4) is 0 Å². The van der Waals surface area contributed by atoms with Crippen LogP contribution in [0.15, 0.2) is 12.3 Å². The van der Waals surface area contributed by atoms with Gasteiger partial charge < -0.3 is 10.6 Å². The topological polar surface area (TPSA) is 66.9 Å². The molecule has 0 unspecified atom stereocenters. The number of aromatic nitrogens is 2. The number of anilines is 1. The molecule has 16 heavy (non-hydrogen) atoms. The highest BCUT2D eigenvalue weighted by atomic mass is 35.5. The van der Waals surface area contributed by atoms with Crippen LogP contribution in [0.25, 0.3) is 0 Å². The van der Waals surface area contributed by atoms with Crippen LogP contribution in [-0.4, -0.2) is 29.0 Å². The number of nitrogens with zero attached hydrogens (tertiary/aromatic N) is 2. The second kappa shape index (κ2) is 5.12. The molecule has 0 bridgehead atoms. The highest BCUT2D eigenvalue weighted by molar-refractivity contribution is 6.28. The molecule has 2 rings (SSSR count). The standard InChI is InChI=1S/C10H13ClN4O/c11-10-14-4-3-8(15-10)12-5-6-13-9(16)7-1-2-7/h3-4,7H,1-2,5-6H2,(H,13,16)(H,12,14,15). The number of rotatable bonds is 5. The molecular weight excluding hydrogens is 228 g/mol. The molecule has 0 atom stereocenters. The summed E-state index contributed by atoms with van der Waals surface area (Å²) in [6.07, 6.45) is 3.64. The molecular formula is C10H13ClN4O. The molecule has 1 aliphatic rings. The molecule has 5 nitrogen and oxygen atoms in total. The zero-order valence-corrected chi connectivity index (χ0v) is 9.50. The van der Waals surface area contributed by atoms with Crippen molar-refractivity contribution in [2.45, 2.75) is 12.8 Å². The molecule has 1 aromatic heterocycles. The summed E-state index contributed by atoms with van der Waals surface area (Å²) in [5, 5.41) is 6.12. The van der Waals surface area contributed by atoms with Gasteiger partial charge >= 0.3 is 0 Å². The number of amides is 1. The minimum absolute atomic E-state index is 0.155. The molecule has 1 fully saturated rings. The smallest absolute Gasteiger partial charge is 0.224 e. The van der Waals surface area contributed by atoms with Crippen LogP contribution in [0.1, 0.15) is 12.8 Å². The maximum atomic E-state index is 11.3. The molecule has 0 spiro atoms. The van der Waals surface area contributed by atoms with Crippen LogP contribution in [0.4, 0.5) is 5.82 Å². The number of hydrogen-bond acceptors (Lipinski definition) is 4. The van der Waals surface area contributed by atoms with Crippen LogP contribution in [0, 0.1) is 5.92 Å². The fourth-order valence-electron chi connectivity index (χ4n) is 1.30. The Bertz CT molecular complexity index is 381. The minimum Gasteiger partial charge on any atom is -0.368 e. The van der Waals surface area contributed by atoms with Gasteiger partial charge in [-0.3, -0.25) is 4.79 Å². The number of nitrogens with one attached hydrogen (secondary N) is 2.